The summed E-state index contributed by atoms with van der Waals surface area (Å²) in [5.41, 5.74) is -1.81. The summed E-state index contributed by atoms with van der Waals surface area (Å²) < 4.78 is 5.21. The number of rotatable bonds is 4. The number of nitrogens with one attached hydrogen (secondary N) is 1. The molecule has 3 atom stereocenters. The first-order valence-electron chi connectivity index (χ1n) is 10.1. The molecule has 1 heterocycles. The van der Waals surface area contributed by atoms with Crippen molar-refractivity contribution in [2.45, 2.75) is 71.3 Å². The zero-order valence-electron chi connectivity index (χ0n) is 18.5. The molecule has 1 aromatic carbocycles. The third-order valence-electron chi connectivity index (χ3n) is 5.50. The molecule has 0 aromatic heterocycles. The van der Waals surface area contributed by atoms with Gasteiger partial charge >= 0.3 is 6.09 Å². The van der Waals surface area contributed by atoms with Gasteiger partial charge in [0.25, 0.3) is 0 Å². The number of carbonyl (C=O) groups is 2. The number of hydrogen-bond acceptors (Lipinski definition) is 5. The first-order chi connectivity index (χ1) is 13.7. The number of nitrogens with zero attached hydrogens (tertiary/aromatic N) is 1. The molecule has 2 amide bonds. The van der Waals surface area contributed by atoms with Crippen LogP contribution in [0.15, 0.2) is 24.3 Å². The van der Waals surface area contributed by atoms with Crippen molar-refractivity contribution >= 4 is 23.6 Å². The Balaban J connectivity index is 2.17. The Kier molecular flexibility index (Phi) is 7.11. The molecular formula is C22H33ClN2O5. The van der Waals surface area contributed by atoms with Crippen LogP contribution in [0.3, 0.4) is 0 Å². The van der Waals surface area contributed by atoms with Gasteiger partial charge in [-0.05, 0) is 51.8 Å². The van der Waals surface area contributed by atoms with Gasteiger partial charge in [-0.3, -0.25) is 4.79 Å². The number of likely N-dealkylation sites (tertiary alicyclic amines) is 1. The second kappa shape index (κ2) is 8.73. The zero-order valence-corrected chi connectivity index (χ0v) is 19.3. The standard InChI is InChI=1S/C22H33ClN2O5/c1-14(26)17(24-19(28)30-20(2,3)4)18(27)25-12-11-22(29,21(5,6)13-25)15-7-9-16(23)10-8-15/h7-10,14,17,26,29H,11-13H2,1-6H3,(H,24,28)/t14-,17+,22-/m0/s1. The van der Waals surface area contributed by atoms with E-state index in [1.807, 2.05) is 13.8 Å². The topological polar surface area (TPSA) is 99.1 Å². The maximum atomic E-state index is 13.1. The van der Waals surface area contributed by atoms with Crippen LogP contribution in [0, 0.1) is 5.41 Å². The minimum atomic E-state index is -1.15. The van der Waals surface area contributed by atoms with Crippen LogP contribution in [0.4, 0.5) is 4.79 Å². The third kappa shape index (κ3) is 5.45. The average molecular weight is 441 g/mol. The van der Waals surface area contributed by atoms with Crippen LogP contribution in [0.2, 0.25) is 5.02 Å². The normalized spacial score (nSPS) is 23.4. The van der Waals surface area contributed by atoms with E-state index in [0.717, 1.165) is 5.56 Å². The fourth-order valence-corrected chi connectivity index (χ4v) is 3.92. The zero-order chi connectivity index (χ0) is 22.9. The monoisotopic (exact) mass is 440 g/mol. The van der Waals surface area contributed by atoms with Gasteiger partial charge in [0, 0.05) is 23.5 Å². The van der Waals surface area contributed by atoms with Crippen LogP contribution in [0.5, 0.6) is 0 Å². The number of carbonyl (C=O) groups excluding carboxylic acids is 2. The number of ether oxygens (including phenoxy) is 1. The minimum Gasteiger partial charge on any atom is -0.444 e. The molecule has 2 rings (SSSR count). The second-order valence-corrected chi connectivity index (χ2v) is 10.1. The maximum absolute atomic E-state index is 13.1. The van der Waals surface area contributed by atoms with Crippen molar-refractivity contribution in [3.05, 3.63) is 34.9 Å². The van der Waals surface area contributed by atoms with Crippen molar-refractivity contribution < 1.29 is 24.5 Å². The average Bonchev–Trinajstić information content (AvgIpc) is 2.60. The summed E-state index contributed by atoms with van der Waals surface area (Å²) in [4.78, 5) is 26.8. The first kappa shape index (κ1) is 24.4. The van der Waals surface area contributed by atoms with E-state index in [1.165, 1.54) is 6.92 Å². The highest BCUT2D eigenvalue weighted by Crippen LogP contribution is 2.46. The number of aliphatic hydroxyl groups excluding tert-OH is 1. The molecule has 0 saturated carbocycles. The van der Waals surface area contributed by atoms with Gasteiger partial charge in [0.15, 0.2) is 0 Å². The summed E-state index contributed by atoms with van der Waals surface area (Å²) in [5.74, 6) is -0.415. The Labute approximate surface area is 183 Å². The van der Waals surface area contributed by atoms with E-state index in [9.17, 15) is 19.8 Å². The fraction of sp³-hybridized carbons (Fsp3) is 0.636. The van der Waals surface area contributed by atoms with E-state index in [-0.39, 0.29) is 13.1 Å². The van der Waals surface area contributed by atoms with Crippen LogP contribution < -0.4 is 5.32 Å². The SMILES string of the molecule is C[C@H](O)[C@@H](NC(=O)OC(C)(C)C)C(=O)N1CC[C@](O)(c2ccc(Cl)cc2)C(C)(C)C1. The second-order valence-electron chi connectivity index (χ2n) is 9.63. The van der Waals surface area contributed by atoms with E-state index in [0.29, 0.717) is 11.4 Å². The molecule has 7 nitrogen and oxygen atoms in total. The lowest BCUT2D eigenvalue weighted by Gasteiger charge is -2.51. The predicted octanol–water partition coefficient (Wildman–Crippen LogP) is 3.06. The van der Waals surface area contributed by atoms with Gasteiger partial charge in [-0.25, -0.2) is 4.79 Å². The van der Waals surface area contributed by atoms with Gasteiger partial charge in [-0.1, -0.05) is 37.6 Å². The molecule has 0 aliphatic carbocycles. The number of aliphatic hydroxyl groups is 2. The fourth-order valence-electron chi connectivity index (χ4n) is 3.79. The molecule has 0 bridgehead atoms. The highest BCUT2D eigenvalue weighted by atomic mass is 35.5. The molecule has 0 unspecified atom stereocenters. The Morgan fingerprint density at radius 1 is 1.23 bits per heavy atom. The van der Waals surface area contributed by atoms with Crippen molar-refractivity contribution in [3.63, 3.8) is 0 Å². The van der Waals surface area contributed by atoms with Gasteiger partial charge in [0.1, 0.15) is 11.6 Å². The predicted molar refractivity (Wildman–Crippen MR) is 115 cm³/mol. The Bertz CT molecular complexity index is 773. The van der Waals surface area contributed by atoms with Crippen molar-refractivity contribution in [3.8, 4) is 0 Å². The highest BCUT2D eigenvalue weighted by molar-refractivity contribution is 6.30. The summed E-state index contributed by atoms with van der Waals surface area (Å²) in [6.45, 7) is 10.9. The van der Waals surface area contributed by atoms with Crippen LogP contribution in [0.25, 0.3) is 0 Å². The van der Waals surface area contributed by atoms with E-state index in [2.05, 4.69) is 5.32 Å². The van der Waals surface area contributed by atoms with Gasteiger partial charge in [-0.15, -0.1) is 0 Å². The third-order valence-corrected chi connectivity index (χ3v) is 5.76. The molecule has 30 heavy (non-hydrogen) atoms. The lowest BCUT2D eigenvalue weighted by molar-refractivity contribution is -0.156. The summed E-state index contributed by atoms with van der Waals surface area (Å²) in [5, 5.41) is 24.6. The molecule has 1 saturated heterocycles. The largest absolute Gasteiger partial charge is 0.444 e. The van der Waals surface area contributed by atoms with Gasteiger partial charge < -0.3 is 25.2 Å². The molecule has 168 valence electrons. The van der Waals surface area contributed by atoms with E-state index in [4.69, 9.17) is 16.3 Å². The molecule has 8 heteroatoms. The first-order valence-corrected chi connectivity index (χ1v) is 10.5. The van der Waals surface area contributed by atoms with Gasteiger partial charge in [0.2, 0.25) is 5.91 Å². The summed E-state index contributed by atoms with van der Waals surface area (Å²) in [6, 6.07) is 5.92. The number of hydrogen-bond donors (Lipinski definition) is 3. The molecule has 0 spiro atoms. The van der Waals surface area contributed by atoms with Crippen LogP contribution in [0.1, 0.15) is 53.5 Å². The smallest absolute Gasteiger partial charge is 0.408 e. The molecule has 0 radical (unpaired) electrons. The van der Waals surface area contributed by atoms with Crippen molar-refractivity contribution in [1.29, 1.82) is 0 Å². The lowest BCUT2D eigenvalue weighted by atomic mass is 9.66. The van der Waals surface area contributed by atoms with Crippen molar-refractivity contribution in [2.75, 3.05) is 13.1 Å². The number of halogens is 1. The number of benzene rings is 1. The molecule has 1 fully saturated rings. The van der Waals surface area contributed by atoms with E-state index < -0.39 is 40.8 Å². The van der Waals surface area contributed by atoms with Gasteiger partial charge in [-0.2, -0.15) is 0 Å². The molecule has 1 aromatic rings. The summed E-state index contributed by atoms with van der Waals surface area (Å²) in [7, 11) is 0. The highest BCUT2D eigenvalue weighted by Gasteiger charge is 2.50. The number of piperidine rings is 1. The summed E-state index contributed by atoms with van der Waals surface area (Å²) in [6.07, 6.45) is -1.56. The quantitative estimate of drug-likeness (QED) is 0.668. The van der Waals surface area contributed by atoms with Crippen molar-refractivity contribution in [1.82, 2.24) is 10.2 Å². The minimum absolute atomic E-state index is 0.254. The van der Waals surface area contributed by atoms with Crippen LogP contribution in [-0.4, -0.2) is 57.9 Å². The Morgan fingerprint density at radius 3 is 2.27 bits per heavy atom. The summed E-state index contributed by atoms with van der Waals surface area (Å²) >= 11 is 5.97. The molecular weight excluding hydrogens is 408 g/mol. The van der Waals surface area contributed by atoms with E-state index in [1.54, 1.807) is 49.9 Å². The van der Waals surface area contributed by atoms with E-state index >= 15 is 0 Å². The number of amides is 2. The Hall–Kier alpha value is -1.83. The number of alkyl carbamates (subject to hydrolysis) is 1. The molecule has 1 aliphatic heterocycles. The molecule has 1 aliphatic rings. The lowest BCUT2D eigenvalue weighted by Crippen LogP contribution is -2.61. The van der Waals surface area contributed by atoms with Crippen LogP contribution in [-0.2, 0) is 15.1 Å². The van der Waals surface area contributed by atoms with Crippen LogP contribution >= 0.6 is 11.6 Å². The van der Waals surface area contributed by atoms with Crippen molar-refractivity contribution in [2.24, 2.45) is 5.41 Å². The molecule has 3 N–H and O–H groups in total. The Morgan fingerprint density at radius 2 is 1.80 bits per heavy atom. The van der Waals surface area contributed by atoms with Gasteiger partial charge in [0.05, 0.1) is 11.7 Å². The maximum Gasteiger partial charge on any atom is 0.408 e.